The number of aliphatic hydroxyl groups is 1. The molecular formula is C19H26F4N2O3. The molecule has 0 saturated carbocycles. The standard InChI is InChI=1S/C19H26F4N2O3/c1-3-18(2,28)12-25(15-6-8-24(9-7-15)17(26)27)11-13-4-5-14(20)10-16(13)19(21,22)23/h4-5,10,15,28H,3,6-9,11-12H2,1-2H3,(H,26,27). The number of carbonyl (C=O) groups is 1. The van der Waals surface area contributed by atoms with Crippen molar-refractivity contribution >= 4 is 6.09 Å². The Balaban J connectivity index is 2.27. The van der Waals surface area contributed by atoms with Crippen LogP contribution in [0, 0.1) is 5.82 Å². The van der Waals surface area contributed by atoms with Gasteiger partial charge in [-0.1, -0.05) is 13.0 Å². The fourth-order valence-corrected chi connectivity index (χ4v) is 3.45. The normalized spacial score (nSPS) is 18.4. The van der Waals surface area contributed by atoms with Crippen molar-refractivity contribution in [1.29, 1.82) is 0 Å². The molecule has 2 N–H and O–H groups in total. The van der Waals surface area contributed by atoms with Crippen LogP contribution in [-0.4, -0.2) is 57.4 Å². The van der Waals surface area contributed by atoms with E-state index in [9.17, 15) is 27.5 Å². The van der Waals surface area contributed by atoms with Crippen LogP contribution >= 0.6 is 0 Å². The number of halogens is 4. The maximum atomic E-state index is 13.4. The van der Waals surface area contributed by atoms with Gasteiger partial charge in [0.2, 0.25) is 0 Å². The van der Waals surface area contributed by atoms with Gasteiger partial charge in [-0.2, -0.15) is 13.2 Å². The van der Waals surface area contributed by atoms with Gasteiger partial charge in [0.1, 0.15) is 5.82 Å². The van der Waals surface area contributed by atoms with Gasteiger partial charge in [0, 0.05) is 32.2 Å². The van der Waals surface area contributed by atoms with Crippen molar-refractivity contribution in [3.8, 4) is 0 Å². The van der Waals surface area contributed by atoms with Crippen LogP contribution < -0.4 is 0 Å². The Morgan fingerprint density at radius 3 is 2.39 bits per heavy atom. The van der Waals surface area contributed by atoms with Crippen molar-refractivity contribution in [1.82, 2.24) is 9.80 Å². The Kier molecular flexibility index (Phi) is 6.93. The van der Waals surface area contributed by atoms with Crippen LogP contribution in [0.4, 0.5) is 22.4 Å². The van der Waals surface area contributed by atoms with Gasteiger partial charge in [0.25, 0.3) is 0 Å². The number of hydrogen-bond acceptors (Lipinski definition) is 3. The molecule has 0 radical (unpaired) electrons. The minimum Gasteiger partial charge on any atom is -0.465 e. The molecule has 1 aromatic carbocycles. The SMILES string of the molecule is CCC(C)(O)CN(Cc1ccc(F)cc1C(F)(F)F)C1CCN(C(=O)O)CC1. The Labute approximate surface area is 161 Å². The Bertz CT molecular complexity index is 686. The van der Waals surface area contributed by atoms with Gasteiger partial charge < -0.3 is 15.1 Å². The zero-order valence-corrected chi connectivity index (χ0v) is 16.0. The topological polar surface area (TPSA) is 64.0 Å². The number of benzene rings is 1. The second kappa shape index (κ2) is 8.65. The highest BCUT2D eigenvalue weighted by atomic mass is 19.4. The molecular weight excluding hydrogens is 380 g/mol. The molecule has 0 bridgehead atoms. The van der Waals surface area contributed by atoms with Crippen LogP contribution in [0.2, 0.25) is 0 Å². The lowest BCUT2D eigenvalue weighted by Gasteiger charge is -2.41. The summed E-state index contributed by atoms with van der Waals surface area (Å²) in [6.45, 7) is 3.98. The number of rotatable bonds is 6. The highest BCUT2D eigenvalue weighted by molar-refractivity contribution is 5.65. The van der Waals surface area contributed by atoms with Gasteiger partial charge in [-0.3, -0.25) is 4.90 Å². The Morgan fingerprint density at radius 2 is 1.89 bits per heavy atom. The molecule has 1 aliphatic heterocycles. The molecule has 158 valence electrons. The lowest BCUT2D eigenvalue weighted by molar-refractivity contribution is -0.138. The Hall–Kier alpha value is -1.87. The van der Waals surface area contributed by atoms with Crippen molar-refractivity contribution in [2.45, 2.75) is 57.5 Å². The van der Waals surface area contributed by atoms with Gasteiger partial charge in [-0.15, -0.1) is 0 Å². The molecule has 1 unspecified atom stereocenters. The molecule has 1 aliphatic rings. The van der Waals surface area contributed by atoms with E-state index in [1.165, 1.54) is 4.90 Å². The van der Waals surface area contributed by atoms with E-state index < -0.39 is 29.3 Å². The first-order chi connectivity index (χ1) is 12.9. The molecule has 5 nitrogen and oxygen atoms in total. The van der Waals surface area contributed by atoms with Crippen LogP contribution in [0.3, 0.4) is 0 Å². The quantitative estimate of drug-likeness (QED) is 0.703. The number of carboxylic acid groups (broad SMARTS) is 1. The Morgan fingerprint density at radius 1 is 1.29 bits per heavy atom. The summed E-state index contributed by atoms with van der Waals surface area (Å²) < 4.78 is 53.5. The van der Waals surface area contributed by atoms with E-state index in [-0.39, 0.29) is 37.8 Å². The summed E-state index contributed by atoms with van der Waals surface area (Å²) in [5.41, 5.74) is -2.21. The van der Waals surface area contributed by atoms with E-state index >= 15 is 0 Å². The van der Waals surface area contributed by atoms with E-state index in [4.69, 9.17) is 5.11 Å². The van der Waals surface area contributed by atoms with E-state index in [0.717, 1.165) is 12.1 Å². The maximum absolute atomic E-state index is 13.4. The minimum absolute atomic E-state index is 0.0681. The fraction of sp³-hybridized carbons (Fsp3) is 0.632. The molecule has 2 rings (SSSR count). The van der Waals surface area contributed by atoms with Crippen LogP contribution in [0.1, 0.15) is 44.2 Å². The summed E-state index contributed by atoms with van der Waals surface area (Å²) in [7, 11) is 0. The third kappa shape index (κ3) is 5.81. The van der Waals surface area contributed by atoms with Crippen LogP contribution in [-0.2, 0) is 12.7 Å². The van der Waals surface area contributed by atoms with Gasteiger partial charge >= 0.3 is 12.3 Å². The molecule has 1 heterocycles. The molecule has 0 aliphatic carbocycles. The molecule has 0 aromatic heterocycles. The summed E-state index contributed by atoms with van der Waals surface area (Å²) in [5, 5.41) is 19.6. The lowest BCUT2D eigenvalue weighted by atomic mass is 9.96. The van der Waals surface area contributed by atoms with Gasteiger partial charge in [0.05, 0.1) is 11.2 Å². The third-order valence-corrected chi connectivity index (χ3v) is 5.31. The first-order valence-corrected chi connectivity index (χ1v) is 9.23. The highest BCUT2D eigenvalue weighted by Gasteiger charge is 2.36. The summed E-state index contributed by atoms with van der Waals surface area (Å²) in [6, 6.07) is 2.42. The van der Waals surface area contributed by atoms with E-state index in [1.54, 1.807) is 18.7 Å². The van der Waals surface area contributed by atoms with Gasteiger partial charge in [-0.05, 0) is 43.9 Å². The molecule has 1 fully saturated rings. The first-order valence-electron chi connectivity index (χ1n) is 9.23. The predicted molar refractivity (Wildman–Crippen MR) is 95.3 cm³/mol. The van der Waals surface area contributed by atoms with Crippen molar-refractivity contribution in [3.63, 3.8) is 0 Å². The predicted octanol–water partition coefficient (Wildman–Crippen LogP) is 3.95. The molecule has 0 spiro atoms. The van der Waals surface area contributed by atoms with Crippen molar-refractivity contribution in [2.24, 2.45) is 0 Å². The van der Waals surface area contributed by atoms with Crippen molar-refractivity contribution in [3.05, 3.63) is 35.1 Å². The second-order valence-corrected chi connectivity index (χ2v) is 7.56. The molecule has 28 heavy (non-hydrogen) atoms. The monoisotopic (exact) mass is 406 g/mol. The average Bonchev–Trinajstić information content (AvgIpc) is 2.61. The van der Waals surface area contributed by atoms with Crippen LogP contribution in [0.25, 0.3) is 0 Å². The molecule has 9 heteroatoms. The summed E-state index contributed by atoms with van der Waals surface area (Å²) >= 11 is 0. The van der Waals surface area contributed by atoms with Crippen LogP contribution in [0.15, 0.2) is 18.2 Å². The van der Waals surface area contributed by atoms with Gasteiger partial charge in [0.15, 0.2) is 0 Å². The molecule has 1 saturated heterocycles. The fourth-order valence-electron chi connectivity index (χ4n) is 3.45. The summed E-state index contributed by atoms with van der Waals surface area (Å²) in [4.78, 5) is 14.1. The lowest BCUT2D eigenvalue weighted by Crippen LogP contribution is -2.50. The first kappa shape index (κ1) is 22.4. The average molecular weight is 406 g/mol. The number of piperidine rings is 1. The van der Waals surface area contributed by atoms with Crippen LogP contribution in [0.5, 0.6) is 0 Å². The number of likely N-dealkylation sites (tertiary alicyclic amines) is 1. The van der Waals surface area contributed by atoms with Crippen molar-refractivity contribution < 1.29 is 32.6 Å². The number of amides is 1. The summed E-state index contributed by atoms with van der Waals surface area (Å²) in [6.07, 6.45) is -4.40. The number of hydrogen-bond donors (Lipinski definition) is 2. The van der Waals surface area contributed by atoms with Gasteiger partial charge in [-0.25, -0.2) is 9.18 Å². The smallest absolute Gasteiger partial charge is 0.416 e. The summed E-state index contributed by atoms with van der Waals surface area (Å²) in [5.74, 6) is -0.960. The zero-order chi connectivity index (χ0) is 21.1. The third-order valence-electron chi connectivity index (χ3n) is 5.31. The molecule has 1 aromatic rings. The minimum atomic E-state index is -4.69. The zero-order valence-electron chi connectivity index (χ0n) is 16.0. The second-order valence-electron chi connectivity index (χ2n) is 7.56. The number of alkyl halides is 3. The van der Waals surface area contributed by atoms with E-state index in [2.05, 4.69) is 0 Å². The van der Waals surface area contributed by atoms with Crippen molar-refractivity contribution in [2.75, 3.05) is 19.6 Å². The maximum Gasteiger partial charge on any atom is 0.416 e. The van der Waals surface area contributed by atoms with E-state index in [0.29, 0.717) is 25.3 Å². The largest absolute Gasteiger partial charge is 0.465 e. The molecule has 1 atom stereocenters. The number of nitrogens with zero attached hydrogens (tertiary/aromatic N) is 2. The highest BCUT2D eigenvalue weighted by Crippen LogP contribution is 2.34. The molecule has 1 amide bonds. The van der Waals surface area contributed by atoms with E-state index in [1.807, 2.05) is 0 Å².